The molecular weight excluding hydrogens is 210 g/mol. The summed E-state index contributed by atoms with van der Waals surface area (Å²) in [4.78, 5) is 0. The average Bonchev–Trinajstić information content (AvgIpc) is 2.28. The van der Waals surface area contributed by atoms with Gasteiger partial charge in [0.15, 0.2) is 0 Å². The van der Waals surface area contributed by atoms with Crippen LogP contribution in [0.3, 0.4) is 0 Å². The predicted molar refractivity (Wildman–Crippen MR) is 59.5 cm³/mol. The van der Waals surface area contributed by atoms with E-state index >= 15 is 0 Å². The monoisotopic (exact) mass is 230 g/mol. The lowest BCUT2D eigenvalue weighted by molar-refractivity contribution is 0.00738. The summed E-state index contributed by atoms with van der Waals surface area (Å²) < 4.78 is 27.8. The van der Waals surface area contributed by atoms with Crippen LogP contribution in [0.2, 0.25) is 0 Å². The van der Waals surface area contributed by atoms with Crippen molar-refractivity contribution < 1.29 is 13.9 Å². The molecule has 0 aromatic carbocycles. The van der Waals surface area contributed by atoms with Crippen LogP contribution in [0.1, 0.15) is 51.4 Å². The molecule has 2 aliphatic rings. The molecule has 92 valence electrons. The minimum atomic E-state index is -2.65. The molecule has 0 atom stereocenters. The van der Waals surface area contributed by atoms with Crippen LogP contribution in [-0.2, 0) is 0 Å². The Morgan fingerprint density at radius 3 is 2.44 bits per heavy atom. The highest BCUT2D eigenvalue weighted by Crippen LogP contribution is 2.45. The van der Waals surface area contributed by atoms with Gasteiger partial charge in [0.2, 0.25) is 0 Å². The zero-order valence-corrected chi connectivity index (χ0v) is 9.64. The first-order chi connectivity index (χ1) is 7.65. The van der Waals surface area contributed by atoms with Gasteiger partial charge in [-0.05, 0) is 37.2 Å². The number of hydrogen-bond donors (Lipinski definition) is 1. The molecule has 0 spiro atoms. The molecule has 1 nitrogen and oxygen atoms in total. The minimum Gasteiger partial charge on any atom is -0.392 e. The molecule has 0 unspecified atom stereocenters. The van der Waals surface area contributed by atoms with E-state index in [0.29, 0.717) is 24.0 Å². The van der Waals surface area contributed by atoms with E-state index in [9.17, 15) is 13.9 Å². The normalized spacial score (nSPS) is 27.2. The molecule has 0 aromatic heterocycles. The molecule has 16 heavy (non-hydrogen) atoms. The van der Waals surface area contributed by atoms with Crippen molar-refractivity contribution in [2.75, 3.05) is 6.61 Å². The van der Waals surface area contributed by atoms with Gasteiger partial charge in [-0.1, -0.05) is 19.3 Å². The van der Waals surface area contributed by atoms with Crippen molar-refractivity contribution in [1.29, 1.82) is 0 Å². The predicted octanol–water partition coefficient (Wildman–Crippen LogP) is 3.67. The third-order valence-electron chi connectivity index (χ3n) is 3.95. The van der Waals surface area contributed by atoms with Crippen molar-refractivity contribution in [2.24, 2.45) is 5.92 Å². The minimum absolute atomic E-state index is 0.0255. The van der Waals surface area contributed by atoms with Gasteiger partial charge in [0.25, 0.3) is 5.92 Å². The Morgan fingerprint density at radius 2 is 1.81 bits per heavy atom. The highest BCUT2D eigenvalue weighted by atomic mass is 19.3. The Hall–Kier alpha value is -0.440. The van der Waals surface area contributed by atoms with Crippen LogP contribution in [0, 0.1) is 5.92 Å². The number of hydrogen-bond acceptors (Lipinski definition) is 1. The van der Waals surface area contributed by atoms with E-state index in [1.807, 2.05) is 0 Å². The van der Waals surface area contributed by atoms with Gasteiger partial charge in [-0.25, -0.2) is 8.78 Å². The van der Waals surface area contributed by atoms with Crippen LogP contribution in [-0.4, -0.2) is 17.6 Å². The summed E-state index contributed by atoms with van der Waals surface area (Å²) >= 11 is 0. The molecular formula is C13H20F2O. The van der Waals surface area contributed by atoms with Crippen LogP contribution in [0.25, 0.3) is 0 Å². The topological polar surface area (TPSA) is 20.2 Å². The summed E-state index contributed by atoms with van der Waals surface area (Å²) in [5.41, 5.74) is 0.934. The third kappa shape index (κ3) is 2.29. The number of aliphatic hydroxyl groups is 1. The van der Waals surface area contributed by atoms with Gasteiger partial charge in [-0.15, -0.1) is 0 Å². The fourth-order valence-electron chi connectivity index (χ4n) is 3.19. The van der Waals surface area contributed by atoms with Crippen LogP contribution < -0.4 is 0 Å². The molecule has 0 heterocycles. The Balaban J connectivity index is 2.26. The molecule has 1 fully saturated rings. The van der Waals surface area contributed by atoms with Crippen molar-refractivity contribution in [1.82, 2.24) is 0 Å². The standard InChI is InChI=1S/C13H20F2O/c14-13(15)8-4-7-11(9-16)12(13)10-5-2-1-3-6-10/h10,16H,1-9H2. The number of allylic oxidation sites excluding steroid dienone is 1. The van der Waals surface area contributed by atoms with Crippen molar-refractivity contribution in [3.8, 4) is 0 Å². The van der Waals surface area contributed by atoms with E-state index in [4.69, 9.17) is 0 Å². The number of aliphatic hydroxyl groups excluding tert-OH is 1. The van der Waals surface area contributed by atoms with E-state index in [2.05, 4.69) is 0 Å². The van der Waals surface area contributed by atoms with Crippen LogP contribution >= 0.6 is 0 Å². The number of alkyl halides is 2. The van der Waals surface area contributed by atoms with E-state index in [-0.39, 0.29) is 18.9 Å². The molecule has 2 aliphatic carbocycles. The maximum Gasteiger partial charge on any atom is 0.269 e. The Kier molecular flexibility index (Phi) is 3.63. The van der Waals surface area contributed by atoms with E-state index in [1.54, 1.807) is 0 Å². The second kappa shape index (κ2) is 4.82. The summed E-state index contributed by atoms with van der Waals surface area (Å²) in [6.45, 7) is -0.179. The summed E-state index contributed by atoms with van der Waals surface area (Å²) in [5.74, 6) is -2.62. The first-order valence-electron chi connectivity index (χ1n) is 6.36. The lowest BCUT2D eigenvalue weighted by Gasteiger charge is -2.35. The second-order valence-corrected chi connectivity index (χ2v) is 5.07. The summed E-state index contributed by atoms with van der Waals surface area (Å²) in [5, 5.41) is 9.23. The van der Waals surface area contributed by atoms with Crippen LogP contribution in [0.5, 0.6) is 0 Å². The van der Waals surface area contributed by atoms with E-state index in [1.165, 1.54) is 6.42 Å². The van der Waals surface area contributed by atoms with Crippen molar-refractivity contribution in [3.05, 3.63) is 11.1 Å². The molecule has 1 N–H and O–H groups in total. The van der Waals surface area contributed by atoms with Crippen molar-refractivity contribution in [3.63, 3.8) is 0 Å². The zero-order valence-electron chi connectivity index (χ0n) is 9.64. The molecule has 1 saturated carbocycles. The van der Waals surface area contributed by atoms with Gasteiger partial charge in [-0.3, -0.25) is 0 Å². The molecule has 0 saturated heterocycles. The van der Waals surface area contributed by atoms with Crippen LogP contribution in [0.4, 0.5) is 8.78 Å². The first kappa shape index (κ1) is 12.0. The van der Waals surface area contributed by atoms with Gasteiger partial charge in [-0.2, -0.15) is 0 Å². The molecule has 0 bridgehead atoms. The number of halogens is 2. The van der Waals surface area contributed by atoms with Gasteiger partial charge >= 0.3 is 0 Å². The van der Waals surface area contributed by atoms with E-state index < -0.39 is 5.92 Å². The van der Waals surface area contributed by atoms with Crippen molar-refractivity contribution in [2.45, 2.75) is 57.3 Å². The van der Waals surface area contributed by atoms with E-state index in [0.717, 1.165) is 25.7 Å². The summed E-state index contributed by atoms with van der Waals surface area (Å²) in [6.07, 6.45) is 6.21. The largest absolute Gasteiger partial charge is 0.392 e. The summed E-state index contributed by atoms with van der Waals surface area (Å²) in [7, 11) is 0. The third-order valence-corrected chi connectivity index (χ3v) is 3.95. The fourth-order valence-corrected chi connectivity index (χ4v) is 3.19. The van der Waals surface area contributed by atoms with Gasteiger partial charge in [0, 0.05) is 12.0 Å². The van der Waals surface area contributed by atoms with Crippen molar-refractivity contribution >= 4 is 0 Å². The Morgan fingerprint density at radius 1 is 1.12 bits per heavy atom. The van der Waals surface area contributed by atoms with Crippen LogP contribution in [0.15, 0.2) is 11.1 Å². The molecule has 0 radical (unpaired) electrons. The highest BCUT2D eigenvalue weighted by molar-refractivity contribution is 5.27. The highest BCUT2D eigenvalue weighted by Gasteiger charge is 2.42. The van der Waals surface area contributed by atoms with Gasteiger partial charge < -0.3 is 5.11 Å². The molecule has 0 amide bonds. The average molecular weight is 230 g/mol. The molecule has 0 aliphatic heterocycles. The van der Waals surface area contributed by atoms with Gasteiger partial charge in [0.1, 0.15) is 0 Å². The fraction of sp³-hybridized carbons (Fsp3) is 0.846. The number of rotatable bonds is 2. The first-order valence-corrected chi connectivity index (χ1v) is 6.36. The lowest BCUT2D eigenvalue weighted by atomic mass is 9.75. The van der Waals surface area contributed by atoms with Gasteiger partial charge in [0.05, 0.1) is 6.61 Å². The maximum atomic E-state index is 13.9. The smallest absolute Gasteiger partial charge is 0.269 e. The zero-order chi connectivity index (χ0) is 11.6. The Bertz CT molecular complexity index is 278. The lowest BCUT2D eigenvalue weighted by Crippen LogP contribution is -2.31. The maximum absolute atomic E-state index is 13.9. The Labute approximate surface area is 95.5 Å². The molecule has 2 rings (SSSR count). The molecule has 3 heteroatoms. The molecule has 0 aromatic rings. The SMILES string of the molecule is OCC1=C(C2CCCCC2)C(F)(F)CCC1. The second-order valence-electron chi connectivity index (χ2n) is 5.07. The quantitative estimate of drug-likeness (QED) is 0.717. The summed E-state index contributed by atoms with van der Waals surface area (Å²) in [6, 6.07) is 0.